The molecule has 0 bridgehead atoms. The summed E-state index contributed by atoms with van der Waals surface area (Å²) in [6.45, 7) is 2.43. The largest absolute Gasteiger partial charge is 0.509 e. The molecule has 62 valence electrons. The Bertz CT molecular complexity index is 179. The molecule has 0 spiro atoms. The van der Waals surface area contributed by atoms with Gasteiger partial charge in [-0.3, -0.25) is 0 Å². The molecule has 4 heteroatoms. The molecule has 2 heterocycles. The standard InChI is InChI=1S/C7H10O4/c1-4-2-5-6(3-9-4)11-7(8)10-5/h4-6H,2-3H2,1H3/t4?,5-,6+/m1/s1. The van der Waals surface area contributed by atoms with Crippen LogP contribution in [0, 0.1) is 0 Å². The van der Waals surface area contributed by atoms with Gasteiger partial charge in [0.1, 0.15) is 6.10 Å². The minimum Gasteiger partial charge on any atom is -0.427 e. The Hall–Kier alpha value is -0.770. The molecule has 0 aliphatic carbocycles. The fraction of sp³-hybridized carbons (Fsp3) is 0.857. The Kier molecular flexibility index (Phi) is 1.49. The number of rotatable bonds is 0. The first kappa shape index (κ1) is 6.91. The van der Waals surface area contributed by atoms with Crippen molar-refractivity contribution in [2.24, 2.45) is 0 Å². The van der Waals surface area contributed by atoms with Crippen molar-refractivity contribution in [3.05, 3.63) is 0 Å². The molecule has 0 aromatic heterocycles. The van der Waals surface area contributed by atoms with E-state index in [0.717, 1.165) is 6.42 Å². The van der Waals surface area contributed by atoms with Crippen molar-refractivity contribution in [1.29, 1.82) is 0 Å². The third kappa shape index (κ3) is 1.18. The van der Waals surface area contributed by atoms with Gasteiger partial charge in [-0.2, -0.15) is 0 Å². The fourth-order valence-electron chi connectivity index (χ4n) is 1.42. The van der Waals surface area contributed by atoms with E-state index in [1.807, 2.05) is 6.92 Å². The Labute approximate surface area is 64.4 Å². The van der Waals surface area contributed by atoms with Gasteiger partial charge in [-0.05, 0) is 6.92 Å². The van der Waals surface area contributed by atoms with Gasteiger partial charge in [-0.1, -0.05) is 0 Å². The SMILES string of the molecule is CC1C[C@H]2OC(=O)O[C@H]2CO1. The van der Waals surface area contributed by atoms with E-state index in [0.29, 0.717) is 6.61 Å². The maximum absolute atomic E-state index is 10.6. The van der Waals surface area contributed by atoms with Crippen LogP contribution in [0.4, 0.5) is 4.79 Å². The quantitative estimate of drug-likeness (QED) is 0.487. The summed E-state index contributed by atoms with van der Waals surface area (Å²) in [6, 6.07) is 0. The predicted molar refractivity (Wildman–Crippen MR) is 35.2 cm³/mol. The number of carbonyl (C=O) groups is 1. The van der Waals surface area contributed by atoms with E-state index in [9.17, 15) is 4.79 Å². The summed E-state index contributed by atoms with van der Waals surface area (Å²) in [6.07, 6.45) is 0.115. The first-order valence-electron chi connectivity index (χ1n) is 3.74. The van der Waals surface area contributed by atoms with Crippen LogP contribution in [-0.2, 0) is 14.2 Å². The second-order valence-electron chi connectivity index (χ2n) is 2.94. The Morgan fingerprint density at radius 2 is 2.09 bits per heavy atom. The molecule has 2 saturated heterocycles. The summed E-state index contributed by atoms with van der Waals surface area (Å²) < 4.78 is 15.0. The topological polar surface area (TPSA) is 44.8 Å². The molecule has 2 rings (SSSR count). The summed E-state index contributed by atoms with van der Waals surface area (Å²) in [4.78, 5) is 10.6. The van der Waals surface area contributed by atoms with Crippen LogP contribution >= 0.6 is 0 Å². The van der Waals surface area contributed by atoms with Crippen LogP contribution in [0.2, 0.25) is 0 Å². The summed E-state index contributed by atoms with van der Waals surface area (Å²) >= 11 is 0. The Morgan fingerprint density at radius 3 is 2.91 bits per heavy atom. The lowest BCUT2D eigenvalue weighted by atomic mass is 10.1. The molecule has 0 amide bonds. The zero-order valence-electron chi connectivity index (χ0n) is 6.28. The summed E-state index contributed by atoms with van der Waals surface area (Å²) in [5, 5.41) is 0. The monoisotopic (exact) mass is 158 g/mol. The molecule has 2 fully saturated rings. The van der Waals surface area contributed by atoms with Gasteiger partial charge in [-0.25, -0.2) is 4.79 Å². The highest BCUT2D eigenvalue weighted by Gasteiger charge is 2.40. The van der Waals surface area contributed by atoms with E-state index in [-0.39, 0.29) is 18.3 Å². The van der Waals surface area contributed by atoms with Crippen LogP contribution in [0.3, 0.4) is 0 Å². The highest BCUT2D eigenvalue weighted by atomic mass is 16.8. The number of hydrogen-bond donors (Lipinski definition) is 0. The predicted octanol–water partition coefficient (Wildman–Crippen LogP) is 0.699. The molecule has 11 heavy (non-hydrogen) atoms. The maximum atomic E-state index is 10.6. The molecule has 0 aromatic rings. The lowest BCUT2D eigenvalue weighted by molar-refractivity contribution is -0.0619. The van der Waals surface area contributed by atoms with E-state index in [1.165, 1.54) is 0 Å². The average molecular weight is 158 g/mol. The van der Waals surface area contributed by atoms with Gasteiger partial charge in [0.25, 0.3) is 0 Å². The maximum Gasteiger partial charge on any atom is 0.509 e. The van der Waals surface area contributed by atoms with Crippen LogP contribution in [0.25, 0.3) is 0 Å². The van der Waals surface area contributed by atoms with E-state index in [2.05, 4.69) is 0 Å². The highest BCUT2D eigenvalue weighted by Crippen LogP contribution is 2.25. The summed E-state index contributed by atoms with van der Waals surface area (Å²) in [5.74, 6) is 0. The molecular formula is C7H10O4. The number of carbonyl (C=O) groups excluding carboxylic acids is 1. The van der Waals surface area contributed by atoms with E-state index in [4.69, 9.17) is 14.2 Å². The van der Waals surface area contributed by atoms with Gasteiger partial charge < -0.3 is 14.2 Å². The highest BCUT2D eigenvalue weighted by molar-refractivity contribution is 5.62. The number of fused-ring (bicyclic) bond motifs is 1. The lowest BCUT2D eigenvalue weighted by Gasteiger charge is -2.25. The third-order valence-corrected chi connectivity index (χ3v) is 2.02. The van der Waals surface area contributed by atoms with Crippen LogP contribution in [-0.4, -0.2) is 31.1 Å². The first-order chi connectivity index (χ1) is 5.25. The van der Waals surface area contributed by atoms with Gasteiger partial charge in [0.05, 0.1) is 12.7 Å². The molecule has 4 nitrogen and oxygen atoms in total. The molecule has 0 aromatic carbocycles. The Balaban J connectivity index is 2.02. The molecule has 2 aliphatic rings. The molecule has 3 atom stereocenters. The molecule has 0 saturated carbocycles. The van der Waals surface area contributed by atoms with Crippen molar-refractivity contribution in [2.45, 2.75) is 31.7 Å². The number of hydrogen-bond acceptors (Lipinski definition) is 4. The van der Waals surface area contributed by atoms with E-state index < -0.39 is 6.16 Å². The van der Waals surface area contributed by atoms with Gasteiger partial charge in [-0.15, -0.1) is 0 Å². The number of ether oxygens (including phenoxy) is 3. The van der Waals surface area contributed by atoms with E-state index in [1.54, 1.807) is 0 Å². The molecular weight excluding hydrogens is 148 g/mol. The normalized spacial score (nSPS) is 42.6. The first-order valence-corrected chi connectivity index (χ1v) is 3.74. The third-order valence-electron chi connectivity index (χ3n) is 2.02. The van der Waals surface area contributed by atoms with Crippen molar-refractivity contribution >= 4 is 6.16 Å². The smallest absolute Gasteiger partial charge is 0.427 e. The molecule has 1 unspecified atom stereocenters. The van der Waals surface area contributed by atoms with Gasteiger partial charge in [0.15, 0.2) is 6.10 Å². The van der Waals surface area contributed by atoms with Crippen LogP contribution in [0.5, 0.6) is 0 Å². The van der Waals surface area contributed by atoms with Crippen molar-refractivity contribution < 1.29 is 19.0 Å². The van der Waals surface area contributed by atoms with Crippen molar-refractivity contribution in [3.63, 3.8) is 0 Å². The molecule has 0 radical (unpaired) electrons. The molecule has 2 aliphatic heterocycles. The Morgan fingerprint density at radius 1 is 1.36 bits per heavy atom. The molecule has 0 N–H and O–H groups in total. The van der Waals surface area contributed by atoms with Gasteiger partial charge in [0, 0.05) is 6.42 Å². The van der Waals surface area contributed by atoms with Crippen LogP contribution in [0.1, 0.15) is 13.3 Å². The second kappa shape index (κ2) is 2.37. The van der Waals surface area contributed by atoms with Crippen molar-refractivity contribution in [2.75, 3.05) is 6.61 Å². The zero-order valence-corrected chi connectivity index (χ0v) is 6.28. The average Bonchev–Trinajstić information content (AvgIpc) is 2.27. The van der Waals surface area contributed by atoms with Gasteiger partial charge >= 0.3 is 6.16 Å². The van der Waals surface area contributed by atoms with E-state index >= 15 is 0 Å². The minimum absolute atomic E-state index is 0.0775. The second-order valence-corrected chi connectivity index (χ2v) is 2.94. The van der Waals surface area contributed by atoms with Gasteiger partial charge in [0.2, 0.25) is 0 Å². The lowest BCUT2D eigenvalue weighted by Crippen LogP contribution is -2.37. The van der Waals surface area contributed by atoms with Crippen LogP contribution in [0.15, 0.2) is 0 Å². The summed E-state index contributed by atoms with van der Waals surface area (Å²) in [7, 11) is 0. The van der Waals surface area contributed by atoms with Crippen LogP contribution < -0.4 is 0 Å². The minimum atomic E-state index is -0.558. The summed E-state index contributed by atoms with van der Waals surface area (Å²) in [5.41, 5.74) is 0. The van der Waals surface area contributed by atoms with Crippen molar-refractivity contribution in [1.82, 2.24) is 0 Å². The zero-order chi connectivity index (χ0) is 7.84. The van der Waals surface area contributed by atoms with Crippen molar-refractivity contribution in [3.8, 4) is 0 Å². The fourth-order valence-corrected chi connectivity index (χ4v) is 1.42.